The molecule has 0 saturated carbocycles. The van der Waals surface area contributed by atoms with E-state index in [1.807, 2.05) is 0 Å². The van der Waals surface area contributed by atoms with Gasteiger partial charge in [-0.2, -0.15) is 0 Å². The molecule has 0 unspecified atom stereocenters. The number of ketones is 1. The van der Waals surface area contributed by atoms with Gasteiger partial charge in [-0.05, 0) is 30.7 Å². The average Bonchev–Trinajstić information content (AvgIpc) is 2.55. The molecule has 1 amide bonds. The van der Waals surface area contributed by atoms with Gasteiger partial charge in [0, 0.05) is 11.3 Å². The maximum atomic E-state index is 11.6. The van der Waals surface area contributed by atoms with Gasteiger partial charge in [-0.3, -0.25) is 9.59 Å². The Hall–Kier alpha value is -1.35. The van der Waals surface area contributed by atoms with E-state index in [1.165, 1.54) is 0 Å². The molecule has 1 heterocycles. The van der Waals surface area contributed by atoms with Crippen molar-refractivity contribution >= 4 is 29.0 Å². The van der Waals surface area contributed by atoms with E-state index in [2.05, 4.69) is 5.32 Å². The summed E-state index contributed by atoms with van der Waals surface area (Å²) >= 11 is 5.71. The second-order valence-corrected chi connectivity index (χ2v) is 4.23. The van der Waals surface area contributed by atoms with Crippen molar-refractivity contribution in [2.24, 2.45) is 0 Å². The summed E-state index contributed by atoms with van der Waals surface area (Å²) in [5, 5.41) is 2.18. The Bertz CT molecular complexity index is 440. The summed E-state index contributed by atoms with van der Waals surface area (Å²) in [4.78, 5) is 22.7. The number of amides is 1. The van der Waals surface area contributed by atoms with Gasteiger partial charge in [0.05, 0.1) is 11.8 Å². The first-order chi connectivity index (χ1) is 7.08. The molecule has 1 N–H and O–H groups in total. The molecule has 3 nitrogen and oxygen atoms in total. The minimum absolute atomic E-state index is 0.0338. The third-order valence-electron chi connectivity index (χ3n) is 2.38. The lowest BCUT2D eigenvalue weighted by Gasteiger charge is -2.04. The second kappa shape index (κ2) is 3.66. The molecule has 0 radical (unpaired) electrons. The maximum absolute atomic E-state index is 11.6. The molecule has 0 bridgehead atoms. The summed E-state index contributed by atoms with van der Waals surface area (Å²) in [6.45, 7) is 1.64. The molecule has 0 saturated heterocycles. The van der Waals surface area contributed by atoms with Crippen LogP contribution >= 0.6 is 11.6 Å². The van der Waals surface area contributed by atoms with E-state index in [4.69, 9.17) is 11.6 Å². The Kier molecular flexibility index (Phi) is 2.49. The number of rotatable bonds is 2. The van der Waals surface area contributed by atoms with Crippen LogP contribution in [0.5, 0.6) is 0 Å². The molecule has 0 fully saturated rings. The molecule has 1 atom stereocenters. The fraction of sp³-hybridized carbons (Fsp3) is 0.273. The predicted molar refractivity (Wildman–Crippen MR) is 58.4 cm³/mol. The molecular weight excluding hydrogens is 214 g/mol. The van der Waals surface area contributed by atoms with Crippen LogP contribution < -0.4 is 5.32 Å². The smallest absolute Gasteiger partial charge is 0.228 e. The van der Waals surface area contributed by atoms with Crippen LogP contribution in [0.3, 0.4) is 0 Å². The van der Waals surface area contributed by atoms with Gasteiger partial charge >= 0.3 is 0 Å². The lowest BCUT2D eigenvalue weighted by atomic mass is 10.0. The third kappa shape index (κ3) is 1.88. The zero-order valence-corrected chi connectivity index (χ0v) is 8.97. The first-order valence-electron chi connectivity index (χ1n) is 4.69. The standard InChI is InChI=1S/C11H10ClNO2/c1-6(12)11(15)7-2-3-9-8(4-7)5-10(14)13-9/h2-4,6H,5H2,1H3,(H,13,14)/t6-/m1/s1. The average molecular weight is 224 g/mol. The summed E-state index contributed by atoms with van der Waals surface area (Å²) in [7, 11) is 0. The number of hydrogen-bond donors (Lipinski definition) is 1. The van der Waals surface area contributed by atoms with Crippen molar-refractivity contribution in [3.05, 3.63) is 29.3 Å². The van der Waals surface area contributed by atoms with Gasteiger partial charge in [-0.25, -0.2) is 0 Å². The predicted octanol–water partition coefficient (Wildman–Crippen LogP) is 1.99. The van der Waals surface area contributed by atoms with Crippen molar-refractivity contribution in [3.63, 3.8) is 0 Å². The Morgan fingerprint density at radius 3 is 2.93 bits per heavy atom. The van der Waals surface area contributed by atoms with Crippen molar-refractivity contribution in [2.45, 2.75) is 18.7 Å². The van der Waals surface area contributed by atoms with E-state index < -0.39 is 5.38 Å². The van der Waals surface area contributed by atoms with Gasteiger partial charge in [-0.15, -0.1) is 11.6 Å². The zero-order chi connectivity index (χ0) is 11.0. The fourth-order valence-corrected chi connectivity index (χ4v) is 1.74. The first-order valence-corrected chi connectivity index (χ1v) is 5.12. The molecule has 0 aliphatic carbocycles. The molecule has 78 valence electrons. The SMILES string of the molecule is C[C@@H](Cl)C(=O)c1ccc2c(c1)CC(=O)N2. The topological polar surface area (TPSA) is 46.2 Å². The van der Waals surface area contributed by atoms with E-state index in [0.717, 1.165) is 11.3 Å². The first kappa shape index (κ1) is 10.2. The summed E-state index contributed by atoms with van der Waals surface area (Å²) in [5.74, 6) is -0.146. The van der Waals surface area contributed by atoms with Crippen LogP contribution in [0.1, 0.15) is 22.8 Å². The quantitative estimate of drug-likeness (QED) is 0.616. The molecule has 0 spiro atoms. The largest absolute Gasteiger partial charge is 0.326 e. The normalized spacial score (nSPS) is 15.7. The highest BCUT2D eigenvalue weighted by atomic mass is 35.5. The molecule has 4 heteroatoms. The van der Waals surface area contributed by atoms with Crippen LogP contribution in [0.4, 0.5) is 5.69 Å². The van der Waals surface area contributed by atoms with Gasteiger partial charge < -0.3 is 5.32 Å². The molecule has 1 aromatic carbocycles. The van der Waals surface area contributed by atoms with Crippen molar-refractivity contribution in [1.82, 2.24) is 0 Å². The number of anilines is 1. The van der Waals surface area contributed by atoms with Crippen LogP contribution in [-0.2, 0) is 11.2 Å². The lowest BCUT2D eigenvalue weighted by molar-refractivity contribution is -0.115. The van der Waals surface area contributed by atoms with Crippen molar-refractivity contribution < 1.29 is 9.59 Å². The fourth-order valence-electron chi connectivity index (χ4n) is 1.61. The Labute approximate surface area is 92.4 Å². The van der Waals surface area contributed by atoms with Crippen LogP contribution in [0.15, 0.2) is 18.2 Å². The van der Waals surface area contributed by atoms with E-state index in [-0.39, 0.29) is 11.7 Å². The number of halogens is 1. The highest BCUT2D eigenvalue weighted by Gasteiger charge is 2.20. The number of Topliss-reactive ketones (excluding diaryl/α,β-unsaturated/α-hetero) is 1. The van der Waals surface area contributed by atoms with Gasteiger partial charge in [0.2, 0.25) is 5.91 Å². The number of fused-ring (bicyclic) bond motifs is 1. The lowest BCUT2D eigenvalue weighted by Crippen LogP contribution is -2.10. The number of carbonyl (C=O) groups excluding carboxylic acids is 2. The van der Waals surface area contributed by atoms with Crippen molar-refractivity contribution in [2.75, 3.05) is 5.32 Å². The molecular formula is C11H10ClNO2. The molecule has 1 aliphatic rings. The minimum Gasteiger partial charge on any atom is -0.326 e. The van der Waals surface area contributed by atoms with Crippen molar-refractivity contribution in [1.29, 1.82) is 0 Å². The highest BCUT2D eigenvalue weighted by Crippen LogP contribution is 2.24. The summed E-state index contributed by atoms with van der Waals surface area (Å²) in [6, 6.07) is 5.16. The zero-order valence-electron chi connectivity index (χ0n) is 8.21. The molecule has 0 aromatic heterocycles. The Balaban J connectivity index is 2.35. The molecule has 1 aromatic rings. The minimum atomic E-state index is -0.534. The van der Waals surface area contributed by atoms with Gasteiger partial charge in [0.25, 0.3) is 0 Å². The van der Waals surface area contributed by atoms with Crippen LogP contribution in [0, 0.1) is 0 Å². The molecule has 2 rings (SSSR count). The summed E-state index contributed by atoms with van der Waals surface area (Å²) in [6.07, 6.45) is 0.340. The van der Waals surface area contributed by atoms with Crippen LogP contribution in [0.2, 0.25) is 0 Å². The van der Waals surface area contributed by atoms with Gasteiger partial charge in [-0.1, -0.05) is 0 Å². The van der Waals surface area contributed by atoms with E-state index in [1.54, 1.807) is 25.1 Å². The van der Waals surface area contributed by atoms with Crippen molar-refractivity contribution in [3.8, 4) is 0 Å². The molecule has 15 heavy (non-hydrogen) atoms. The number of benzene rings is 1. The van der Waals surface area contributed by atoms with E-state index in [0.29, 0.717) is 12.0 Å². The number of alkyl halides is 1. The summed E-state index contributed by atoms with van der Waals surface area (Å²) in [5.41, 5.74) is 2.22. The van der Waals surface area contributed by atoms with Gasteiger partial charge in [0.1, 0.15) is 0 Å². The van der Waals surface area contributed by atoms with E-state index >= 15 is 0 Å². The van der Waals surface area contributed by atoms with Crippen LogP contribution in [-0.4, -0.2) is 17.1 Å². The second-order valence-electron chi connectivity index (χ2n) is 3.58. The Morgan fingerprint density at radius 2 is 2.27 bits per heavy atom. The van der Waals surface area contributed by atoms with Crippen LogP contribution in [0.25, 0.3) is 0 Å². The third-order valence-corrected chi connectivity index (χ3v) is 2.57. The van der Waals surface area contributed by atoms with Gasteiger partial charge in [0.15, 0.2) is 5.78 Å². The molecule has 1 aliphatic heterocycles. The number of hydrogen-bond acceptors (Lipinski definition) is 2. The van der Waals surface area contributed by atoms with E-state index in [9.17, 15) is 9.59 Å². The monoisotopic (exact) mass is 223 g/mol. The highest BCUT2D eigenvalue weighted by molar-refractivity contribution is 6.33. The Morgan fingerprint density at radius 1 is 1.53 bits per heavy atom. The summed E-state index contributed by atoms with van der Waals surface area (Å²) < 4.78 is 0. The number of nitrogens with one attached hydrogen (secondary N) is 1. The number of carbonyl (C=O) groups is 2. The maximum Gasteiger partial charge on any atom is 0.228 e.